The van der Waals surface area contributed by atoms with Crippen molar-refractivity contribution in [1.82, 2.24) is 9.55 Å². The normalized spacial score (nSPS) is 11.8. The monoisotopic (exact) mass is 475 g/mol. The molecule has 0 amide bonds. The molecule has 0 saturated carbocycles. The Kier molecular flexibility index (Phi) is 6.82. The van der Waals surface area contributed by atoms with Gasteiger partial charge in [-0.15, -0.1) is 0 Å². The van der Waals surface area contributed by atoms with Gasteiger partial charge in [0.15, 0.2) is 0 Å². The molecule has 4 aromatic carbocycles. The van der Waals surface area contributed by atoms with Crippen LogP contribution in [0, 0.1) is 0 Å². The summed E-state index contributed by atoms with van der Waals surface area (Å²) in [5.41, 5.74) is 8.39. The number of unbranched alkanes of at least 4 members (excludes halogenated alkanes) is 1. The van der Waals surface area contributed by atoms with E-state index < -0.39 is 0 Å². The highest BCUT2D eigenvalue weighted by molar-refractivity contribution is 5.99. The lowest BCUT2D eigenvalue weighted by atomic mass is 9.92. The predicted octanol–water partition coefficient (Wildman–Crippen LogP) is 9.65. The lowest BCUT2D eigenvalue weighted by Gasteiger charge is -2.21. The van der Waals surface area contributed by atoms with E-state index >= 15 is 0 Å². The van der Waals surface area contributed by atoms with Gasteiger partial charge < -0.3 is 9.88 Å². The minimum atomic E-state index is 0.429. The van der Waals surface area contributed by atoms with Crippen molar-refractivity contribution in [3.63, 3.8) is 0 Å². The summed E-state index contributed by atoms with van der Waals surface area (Å²) in [5, 5.41) is 6.35. The topological polar surface area (TPSA) is 29.9 Å². The predicted molar refractivity (Wildman–Crippen MR) is 155 cm³/mol. The van der Waals surface area contributed by atoms with E-state index in [1.165, 1.54) is 38.7 Å². The number of aromatic nitrogens is 2. The molecule has 0 bridgehead atoms. The number of para-hydroxylation sites is 2. The summed E-state index contributed by atoms with van der Waals surface area (Å²) in [6, 6.07) is 28.4. The molecule has 0 radical (unpaired) electrons. The van der Waals surface area contributed by atoms with Crippen LogP contribution in [-0.4, -0.2) is 9.55 Å². The molecule has 5 rings (SSSR count). The van der Waals surface area contributed by atoms with Crippen LogP contribution in [0.1, 0.15) is 70.4 Å². The molecule has 3 nitrogen and oxygen atoms in total. The van der Waals surface area contributed by atoms with E-state index in [4.69, 9.17) is 4.98 Å². The largest absolute Gasteiger partial charge is 0.353 e. The van der Waals surface area contributed by atoms with Gasteiger partial charge in [-0.1, -0.05) is 108 Å². The molecule has 0 saturated heterocycles. The Bertz CT molecular complexity index is 1480. The van der Waals surface area contributed by atoms with Gasteiger partial charge in [0.05, 0.1) is 11.2 Å². The van der Waals surface area contributed by atoms with Crippen LogP contribution >= 0.6 is 0 Å². The van der Waals surface area contributed by atoms with Crippen LogP contribution in [0.2, 0.25) is 0 Å². The van der Waals surface area contributed by atoms with E-state index in [-0.39, 0.29) is 0 Å². The molecule has 0 unspecified atom stereocenters. The van der Waals surface area contributed by atoms with Crippen molar-refractivity contribution >= 4 is 33.2 Å². The molecule has 0 aliphatic carbocycles. The maximum absolute atomic E-state index is 5.33. The molecular weight excluding hydrogens is 438 g/mol. The first-order valence-corrected chi connectivity index (χ1v) is 13.4. The Morgan fingerprint density at radius 1 is 0.778 bits per heavy atom. The van der Waals surface area contributed by atoms with Crippen molar-refractivity contribution in [3.8, 4) is 11.4 Å². The molecule has 1 heterocycles. The Morgan fingerprint density at radius 2 is 1.44 bits per heavy atom. The fourth-order valence-electron chi connectivity index (χ4n) is 5.25. The maximum Gasteiger partial charge on any atom is 0.141 e. The first kappa shape index (κ1) is 24.1. The zero-order valence-electron chi connectivity index (χ0n) is 22.2. The zero-order chi connectivity index (χ0) is 25.2. The number of imidazole rings is 1. The number of hydrogen-bond acceptors (Lipinski definition) is 2. The van der Waals surface area contributed by atoms with Gasteiger partial charge in [0, 0.05) is 17.8 Å². The number of anilines is 2. The lowest BCUT2D eigenvalue weighted by molar-refractivity contribution is 0.651. The summed E-state index contributed by atoms with van der Waals surface area (Å²) in [6.07, 6.45) is 2.26. The molecule has 3 heteroatoms. The van der Waals surface area contributed by atoms with Crippen molar-refractivity contribution in [2.24, 2.45) is 0 Å². The van der Waals surface area contributed by atoms with Gasteiger partial charge in [0.25, 0.3) is 0 Å². The fraction of sp³-hybridized carbons (Fsp3) is 0.303. The number of fused-ring (bicyclic) bond motifs is 2. The summed E-state index contributed by atoms with van der Waals surface area (Å²) in [7, 11) is 0. The van der Waals surface area contributed by atoms with E-state index in [1.54, 1.807) is 0 Å². The van der Waals surface area contributed by atoms with Crippen molar-refractivity contribution in [3.05, 3.63) is 90.0 Å². The van der Waals surface area contributed by atoms with Crippen molar-refractivity contribution < 1.29 is 0 Å². The highest BCUT2D eigenvalue weighted by Gasteiger charge is 2.19. The average molecular weight is 476 g/mol. The molecule has 184 valence electrons. The molecule has 1 N–H and O–H groups in total. The molecular formula is C33H37N3. The fourth-order valence-corrected chi connectivity index (χ4v) is 5.25. The SMILES string of the molecule is CCCCn1c(-c2cccc3ccccc23)nc2c(Nc3c(C(C)C)cccc3C(C)C)cccc21. The van der Waals surface area contributed by atoms with Gasteiger partial charge >= 0.3 is 0 Å². The Hall–Kier alpha value is -3.59. The minimum Gasteiger partial charge on any atom is -0.353 e. The van der Waals surface area contributed by atoms with Crippen molar-refractivity contribution in [2.45, 2.75) is 65.8 Å². The Labute approximate surface area is 215 Å². The van der Waals surface area contributed by atoms with Gasteiger partial charge in [-0.2, -0.15) is 0 Å². The third-order valence-corrected chi connectivity index (χ3v) is 7.18. The second-order valence-electron chi connectivity index (χ2n) is 10.4. The zero-order valence-corrected chi connectivity index (χ0v) is 22.2. The van der Waals surface area contributed by atoms with Crippen LogP contribution in [0.3, 0.4) is 0 Å². The summed E-state index contributed by atoms with van der Waals surface area (Å²) < 4.78 is 2.42. The second-order valence-corrected chi connectivity index (χ2v) is 10.4. The van der Waals surface area contributed by atoms with Crippen molar-refractivity contribution in [1.29, 1.82) is 0 Å². The van der Waals surface area contributed by atoms with E-state index in [1.807, 2.05) is 0 Å². The molecule has 0 atom stereocenters. The maximum atomic E-state index is 5.33. The highest BCUT2D eigenvalue weighted by atomic mass is 15.1. The van der Waals surface area contributed by atoms with Gasteiger partial charge in [-0.25, -0.2) is 4.98 Å². The van der Waals surface area contributed by atoms with E-state index in [9.17, 15) is 0 Å². The smallest absolute Gasteiger partial charge is 0.141 e. The van der Waals surface area contributed by atoms with Crippen LogP contribution in [0.15, 0.2) is 78.9 Å². The number of nitrogens with one attached hydrogen (secondary N) is 1. The van der Waals surface area contributed by atoms with Crippen LogP contribution in [0.25, 0.3) is 33.2 Å². The number of aryl methyl sites for hydroxylation is 1. The second kappa shape index (κ2) is 10.2. The first-order chi connectivity index (χ1) is 17.5. The number of rotatable bonds is 8. The van der Waals surface area contributed by atoms with Gasteiger partial charge in [0.2, 0.25) is 0 Å². The molecule has 36 heavy (non-hydrogen) atoms. The number of benzene rings is 4. The van der Waals surface area contributed by atoms with E-state index in [0.717, 1.165) is 36.4 Å². The summed E-state index contributed by atoms with van der Waals surface area (Å²) in [4.78, 5) is 5.33. The summed E-state index contributed by atoms with van der Waals surface area (Å²) in [6.45, 7) is 12.3. The van der Waals surface area contributed by atoms with Gasteiger partial charge in [-0.05, 0) is 52.3 Å². The number of hydrogen-bond donors (Lipinski definition) is 1. The average Bonchev–Trinajstić information content (AvgIpc) is 3.26. The van der Waals surface area contributed by atoms with Crippen molar-refractivity contribution in [2.75, 3.05) is 5.32 Å². The van der Waals surface area contributed by atoms with Gasteiger partial charge in [-0.3, -0.25) is 0 Å². The third kappa shape index (κ3) is 4.39. The van der Waals surface area contributed by atoms with E-state index in [0.29, 0.717) is 11.8 Å². The molecule has 5 aromatic rings. The van der Waals surface area contributed by atoms with E-state index in [2.05, 4.69) is 123 Å². The van der Waals surface area contributed by atoms with Crippen LogP contribution in [0.5, 0.6) is 0 Å². The Morgan fingerprint density at radius 3 is 2.17 bits per heavy atom. The lowest BCUT2D eigenvalue weighted by Crippen LogP contribution is -2.04. The highest BCUT2D eigenvalue weighted by Crippen LogP contribution is 2.38. The first-order valence-electron chi connectivity index (χ1n) is 13.4. The third-order valence-electron chi connectivity index (χ3n) is 7.18. The summed E-state index contributed by atoms with van der Waals surface area (Å²) in [5.74, 6) is 1.91. The standard InChI is InChI=1S/C33H37N3/c1-6-7-21-36-30-20-12-19-29(34-31-25(22(2)3)16-11-17-26(31)23(4)5)32(30)35-33(36)28-18-10-14-24-13-8-9-15-27(24)28/h8-20,22-23,34H,6-7,21H2,1-5H3. The van der Waals surface area contributed by atoms with Crippen LogP contribution < -0.4 is 5.32 Å². The minimum absolute atomic E-state index is 0.429. The summed E-state index contributed by atoms with van der Waals surface area (Å²) >= 11 is 0. The van der Waals surface area contributed by atoms with Gasteiger partial charge in [0.1, 0.15) is 11.3 Å². The molecule has 0 aliphatic rings. The Balaban J connectivity index is 1.72. The number of nitrogens with zero attached hydrogens (tertiary/aromatic N) is 2. The van der Waals surface area contributed by atoms with Crippen LogP contribution in [-0.2, 0) is 6.54 Å². The molecule has 0 aliphatic heterocycles. The quantitative estimate of drug-likeness (QED) is 0.242. The molecule has 1 aromatic heterocycles. The van der Waals surface area contributed by atoms with Crippen LogP contribution in [0.4, 0.5) is 11.4 Å². The molecule has 0 fully saturated rings. The molecule has 0 spiro atoms.